The lowest BCUT2D eigenvalue weighted by molar-refractivity contribution is -0.124. The van der Waals surface area contributed by atoms with E-state index < -0.39 is 5.97 Å². The highest BCUT2D eigenvalue weighted by Gasteiger charge is 2.14. The fourth-order valence-electron chi connectivity index (χ4n) is 2.31. The Labute approximate surface area is 158 Å². The largest absolute Gasteiger partial charge is 0.497 e. The summed E-state index contributed by atoms with van der Waals surface area (Å²) in [6, 6.07) is 14.9. The van der Waals surface area contributed by atoms with Crippen LogP contribution in [0.3, 0.4) is 0 Å². The molecule has 0 unspecified atom stereocenters. The average Bonchev–Trinajstić information content (AvgIpc) is 2.67. The van der Waals surface area contributed by atoms with E-state index in [1.54, 1.807) is 31.0 Å². The van der Waals surface area contributed by atoms with E-state index in [1.807, 2.05) is 43.3 Å². The summed E-state index contributed by atoms with van der Waals surface area (Å²) in [5.41, 5.74) is 1.58. The van der Waals surface area contributed by atoms with Gasteiger partial charge in [-0.3, -0.25) is 4.79 Å². The average molecular weight is 373 g/mol. The number of ether oxygens (including phenoxy) is 2. The minimum Gasteiger partial charge on any atom is -0.497 e. The van der Waals surface area contributed by atoms with Gasteiger partial charge in [-0.05, 0) is 42.0 Å². The molecule has 1 N–H and O–H groups in total. The molecular weight excluding hydrogens is 350 g/mol. The smallest absolute Gasteiger partial charge is 0.339 e. The van der Waals surface area contributed by atoms with Gasteiger partial charge in [0.05, 0.1) is 12.7 Å². The zero-order valence-electron chi connectivity index (χ0n) is 15.0. The standard InChI is InChI=1S/C20H23NO4S/c1-3-26-18-7-5-4-6-17(18)20(23)25-14-19(22)21-13-12-15-8-10-16(24-2)11-9-15/h4-11H,3,12-14H2,1-2H3,(H,21,22). The summed E-state index contributed by atoms with van der Waals surface area (Å²) in [4.78, 5) is 24.9. The summed E-state index contributed by atoms with van der Waals surface area (Å²) >= 11 is 1.57. The number of carbonyl (C=O) groups is 2. The van der Waals surface area contributed by atoms with Crippen LogP contribution in [0.1, 0.15) is 22.8 Å². The number of thioether (sulfide) groups is 1. The lowest BCUT2D eigenvalue weighted by Gasteiger charge is -2.09. The van der Waals surface area contributed by atoms with Crippen LogP contribution in [0.4, 0.5) is 0 Å². The van der Waals surface area contributed by atoms with Crippen molar-refractivity contribution < 1.29 is 19.1 Å². The van der Waals surface area contributed by atoms with Gasteiger partial charge < -0.3 is 14.8 Å². The molecule has 138 valence electrons. The molecule has 0 saturated carbocycles. The Kier molecular flexibility index (Phi) is 8.02. The van der Waals surface area contributed by atoms with Crippen molar-refractivity contribution in [1.82, 2.24) is 5.32 Å². The van der Waals surface area contributed by atoms with E-state index in [1.165, 1.54) is 0 Å². The van der Waals surface area contributed by atoms with Gasteiger partial charge in [0, 0.05) is 11.4 Å². The van der Waals surface area contributed by atoms with Gasteiger partial charge in [0.15, 0.2) is 6.61 Å². The lowest BCUT2D eigenvalue weighted by Crippen LogP contribution is -2.30. The van der Waals surface area contributed by atoms with Crippen molar-refractivity contribution in [2.24, 2.45) is 0 Å². The van der Waals surface area contributed by atoms with Crippen LogP contribution in [-0.4, -0.2) is 37.9 Å². The first kappa shape index (κ1) is 19.8. The van der Waals surface area contributed by atoms with Gasteiger partial charge in [0.25, 0.3) is 5.91 Å². The molecule has 2 aromatic carbocycles. The quantitative estimate of drug-likeness (QED) is 0.540. The van der Waals surface area contributed by atoms with E-state index in [0.717, 1.165) is 22.0 Å². The Balaban J connectivity index is 1.75. The van der Waals surface area contributed by atoms with E-state index >= 15 is 0 Å². The molecule has 0 radical (unpaired) electrons. The minimum absolute atomic E-state index is 0.285. The molecule has 6 heteroatoms. The molecule has 0 aliphatic rings. The van der Waals surface area contributed by atoms with Gasteiger partial charge in [-0.15, -0.1) is 11.8 Å². The first-order chi connectivity index (χ1) is 12.6. The molecular formula is C20H23NO4S. The highest BCUT2D eigenvalue weighted by molar-refractivity contribution is 7.99. The topological polar surface area (TPSA) is 64.6 Å². The SMILES string of the molecule is CCSc1ccccc1C(=O)OCC(=O)NCCc1ccc(OC)cc1. The van der Waals surface area contributed by atoms with Crippen LogP contribution in [-0.2, 0) is 16.0 Å². The van der Waals surface area contributed by atoms with Crippen LogP contribution in [0, 0.1) is 0 Å². The van der Waals surface area contributed by atoms with E-state index in [2.05, 4.69) is 5.32 Å². The number of methoxy groups -OCH3 is 1. The number of hydrogen-bond donors (Lipinski definition) is 1. The van der Waals surface area contributed by atoms with Crippen molar-refractivity contribution in [2.45, 2.75) is 18.2 Å². The second kappa shape index (κ2) is 10.5. The summed E-state index contributed by atoms with van der Waals surface area (Å²) in [6.45, 7) is 2.21. The summed E-state index contributed by atoms with van der Waals surface area (Å²) in [5, 5.41) is 2.75. The number of carbonyl (C=O) groups excluding carboxylic acids is 2. The third-order valence-electron chi connectivity index (χ3n) is 3.64. The van der Waals surface area contributed by atoms with Crippen LogP contribution in [0.5, 0.6) is 5.75 Å². The molecule has 0 atom stereocenters. The molecule has 26 heavy (non-hydrogen) atoms. The van der Waals surface area contributed by atoms with Gasteiger partial charge >= 0.3 is 5.97 Å². The van der Waals surface area contributed by atoms with Gasteiger partial charge in [-0.25, -0.2) is 4.79 Å². The molecule has 0 heterocycles. The van der Waals surface area contributed by atoms with Gasteiger partial charge in [-0.1, -0.05) is 31.2 Å². The summed E-state index contributed by atoms with van der Waals surface area (Å²) in [5.74, 6) is 0.862. The van der Waals surface area contributed by atoms with Gasteiger partial charge in [-0.2, -0.15) is 0 Å². The van der Waals surface area contributed by atoms with Crippen molar-refractivity contribution in [1.29, 1.82) is 0 Å². The van der Waals surface area contributed by atoms with Crippen molar-refractivity contribution in [3.63, 3.8) is 0 Å². The molecule has 0 aliphatic heterocycles. The highest BCUT2D eigenvalue weighted by Crippen LogP contribution is 2.22. The predicted octanol–water partition coefficient (Wildman–Crippen LogP) is 3.32. The van der Waals surface area contributed by atoms with Crippen LogP contribution in [0.2, 0.25) is 0 Å². The second-order valence-corrected chi connectivity index (χ2v) is 6.76. The molecule has 0 aliphatic carbocycles. The summed E-state index contributed by atoms with van der Waals surface area (Å²) < 4.78 is 10.2. The van der Waals surface area contributed by atoms with Crippen LogP contribution < -0.4 is 10.1 Å². The van der Waals surface area contributed by atoms with Crippen molar-refractivity contribution >= 4 is 23.6 Å². The summed E-state index contributed by atoms with van der Waals surface area (Å²) in [6.07, 6.45) is 0.694. The zero-order chi connectivity index (χ0) is 18.8. The first-order valence-electron chi connectivity index (χ1n) is 8.42. The maximum absolute atomic E-state index is 12.2. The molecule has 2 aromatic rings. The minimum atomic E-state index is -0.480. The lowest BCUT2D eigenvalue weighted by atomic mass is 10.1. The Hall–Kier alpha value is -2.47. The third kappa shape index (κ3) is 6.11. The Morgan fingerprint density at radius 1 is 1.08 bits per heavy atom. The molecule has 0 spiro atoms. The van der Waals surface area contributed by atoms with Crippen LogP contribution in [0.15, 0.2) is 53.4 Å². The van der Waals surface area contributed by atoms with Crippen LogP contribution in [0.25, 0.3) is 0 Å². The van der Waals surface area contributed by atoms with E-state index in [9.17, 15) is 9.59 Å². The molecule has 5 nitrogen and oxygen atoms in total. The molecule has 0 bridgehead atoms. The molecule has 2 rings (SSSR count). The number of hydrogen-bond acceptors (Lipinski definition) is 5. The van der Waals surface area contributed by atoms with E-state index in [0.29, 0.717) is 18.5 Å². The number of amides is 1. The maximum atomic E-state index is 12.2. The molecule has 0 fully saturated rings. The number of esters is 1. The Morgan fingerprint density at radius 2 is 1.81 bits per heavy atom. The predicted molar refractivity (Wildman–Crippen MR) is 103 cm³/mol. The van der Waals surface area contributed by atoms with Crippen molar-refractivity contribution in [3.8, 4) is 5.75 Å². The Morgan fingerprint density at radius 3 is 2.50 bits per heavy atom. The fraction of sp³-hybridized carbons (Fsp3) is 0.300. The van der Waals surface area contributed by atoms with E-state index in [4.69, 9.17) is 9.47 Å². The zero-order valence-corrected chi connectivity index (χ0v) is 15.8. The number of rotatable bonds is 9. The Bertz CT molecular complexity index is 731. The van der Waals surface area contributed by atoms with Crippen molar-refractivity contribution in [2.75, 3.05) is 26.0 Å². The van der Waals surface area contributed by atoms with Crippen LogP contribution >= 0.6 is 11.8 Å². The molecule has 0 saturated heterocycles. The number of nitrogens with one attached hydrogen (secondary N) is 1. The second-order valence-electron chi connectivity index (χ2n) is 5.45. The summed E-state index contributed by atoms with van der Waals surface area (Å²) in [7, 11) is 1.62. The molecule has 1 amide bonds. The van der Waals surface area contributed by atoms with Gasteiger partial charge in [0.1, 0.15) is 5.75 Å². The van der Waals surface area contributed by atoms with E-state index in [-0.39, 0.29) is 12.5 Å². The fourth-order valence-corrected chi connectivity index (χ4v) is 3.11. The van der Waals surface area contributed by atoms with Crippen molar-refractivity contribution in [3.05, 3.63) is 59.7 Å². The third-order valence-corrected chi connectivity index (χ3v) is 4.59. The molecule has 0 aromatic heterocycles. The highest BCUT2D eigenvalue weighted by atomic mass is 32.2. The first-order valence-corrected chi connectivity index (χ1v) is 9.41. The van der Waals surface area contributed by atoms with Gasteiger partial charge in [0.2, 0.25) is 0 Å². The monoisotopic (exact) mass is 373 g/mol. The maximum Gasteiger partial charge on any atom is 0.339 e. The normalized spacial score (nSPS) is 10.2. The number of benzene rings is 2.